The van der Waals surface area contributed by atoms with E-state index in [0.29, 0.717) is 13.1 Å². The standard InChI is InChI=1S/C12H17ClN4O3/c1-7-10(17(19)20)11(15-12(13)14-7)16-5-3-9(4-6-16)8(2)18/h8-9,18H,3-6H2,1-2H3. The molecule has 0 radical (unpaired) electrons. The number of aryl methyl sites for hydroxylation is 1. The van der Waals surface area contributed by atoms with Crippen molar-refractivity contribution in [2.24, 2.45) is 5.92 Å². The Labute approximate surface area is 121 Å². The molecule has 1 aromatic heterocycles. The molecule has 0 bridgehead atoms. The van der Waals surface area contributed by atoms with E-state index in [2.05, 4.69) is 9.97 Å². The van der Waals surface area contributed by atoms with Gasteiger partial charge in [-0.25, -0.2) is 4.98 Å². The van der Waals surface area contributed by atoms with Crippen LogP contribution < -0.4 is 4.90 Å². The summed E-state index contributed by atoms with van der Waals surface area (Å²) >= 11 is 5.81. The van der Waals surface area contributed by atoms with Crippen molar-refractivity contribution in [3.63, 3.8) is 0 Å². The van der Waals surface area contributed by atoms with Gasteiger partial charge in [-0.2, -0.15) is 4.98 Å². The van der Waals surface area contributed by atoms with Gasteiger partial charge >= 0.3 is 5.69 Å². The number of halogens is 1. The van der Waals surface area contributed by atoms with Crippen LogP contribution in [0.15, 0.2) is 0 Å². The number of hydrogen-bond acceptors (Lipinski definition) is 6. The lowest BCUT2D eigenvalue weighted by Crippen LogP contribution is -2.38. The lowest BCUT2D eigenvalue weighted by atomic mass is 9.92. The smallest absolute Gasteiger partial charge is 0.332 e. The van der Waals surface area contributed by atoms with E-state index in [4.69, 9.17) is 11.6 Å². The van der Waals surface area contributed by atoms with E-state index in [1.807, 2.05) is 4.90 Å². The quantitative estimate of drug-likeness (QED) is 0.521. The van der Waals surface area contributed by atoms with Gasteiger partial charge in [0.05, 0.1) is 11.0 Å². The average molecular weight is 301 g/mol. The van der Waals surface area contributed by atoms with E-state index >= 15 is 0 Å². The third kappa shape index (κ3) is 2.99. The first-order valence-corrected chi connectivity index (χ1v) is 6.89. The van der Waals surface area contributed by atoms with Gasteiger partial charge in [-0.3, -0.25) is 10.1 Å². The second-order valence-corrected chi connectivity index (χ2v) is 5.41. The Kier molecular flexibility index (Phi) is 4.39. The minimum Gasteiger partial charge on any atom is -0.393 e. The van der Waals surface area contributed by atoms with Crippen LogP contribution in [0, 0.1) is 23.0 Å². The molecule has 110 valence electrons. The van der Waals surface area contributed by atoms with Crippen LogP contribution >= 0.6 is 11.6 Å². The first kappa shape index (κ1) is 14.9. The van der Waals surface area contributed by atoms with E-state index in [1.54, 1.807) is 13.8 Å². The Bertz CT molecular complexity index is 516. The van der Waals surface area contributed by atoms with Crippen molar-refractivity contribution in [3.05, 3.63) is 21.1 Å². The highest BCUT2D eigenvalue weighted by molar-refractivity contribution is 6.28. The molecule has 8 heteroatoms. The lowest BCUT2D eigenvalue weighted by molar-refractivity contribution is -0.385. The lowest BCUT2D eigenvalue weighted by Gasteiger charge is -2.33. The maximum Gasteiger partial charge on any atom is 0.332 e. The summed E-state index contributed by atoms with van der Waals surface area (Å²) in [7, 11) is 0. The Balaban J connectivity index is 2.27. The van der Waals surface area contributed by atoms with Crippen molar-refractivity contribution in [2.45, 2.75) is 32.8 Å². The molecule has 1 atom stereocenters. The molecule has 2 rings (SSSR count). The van der Waals surface area contributed by atoms with Crippen LogP contribution in [-0.2, 0) is 0 Å². The molecule has 0 amide bonds. The van der Waals surface area contributed by atoms with Crippen molar-refractivity contribution in [3.8, 4) is 0 Å². The van der Waals surface area contributed by atoms with Gasteiger partial charge in [0.2, 0.25) is 11.1 Å². The fraction of sp³-hybridized carbons (Fsp3) is 0.667. The van der Waals surface area contributed by atoms with Gasteiger partial charge < -0.3 is 10.0 Å². The molecular weight excluding hydrogens is 284 g/mol. The number of aromatic nitrogens is 2. The van der Waals surface area contributed by atoms with E-state index in [9.17, 15) is 15.2 Å². The van der Waals surface area contributed by atoms with Gasteiger partial charge in [0.1, 0.15) is 5.69 Å². The zero-order chi connectivity index (χ0) is 14.9. The topological polar surface area (TPSA) is 92.4 Å². The van der Waals surface area contributed by atoms with Crippen molar-refractivity contribution in [1.82, 2.24) is 9.97 Å². The second-order valence-electron chi connectivity index (χ2n) is 5.07. The van der Waals surface area contributed by atoms with Gasteiger partial charge in [0.15, 0.2) is 0 Å². The van der Waals surface area contributed by atoms with Crippen molar-refractivity contribution in [1.29, 1.82) is 0 Å². The minimum atomic E-state index is -0.470. The highest BCUT2D eigenvalue weighted by atomic mass is 35.5. The number of piperidine rings is 1. The largest absolute Gasteiger partial charge is 0.393 e. The predicted octanol–water partition coefficient (Wildman–Crippen LogP) is 1.94. The molecule has 1 aliphatic heterocycles. The van der Waals surface area contributed by atoms with E-state index in [1.165, 1.54) is 0 Å². The molecule has 1 unspecified atom stereocenters. The SMILES string of the molecule is Cc1nc(Cl)nc(N2CCC(C(C)O)CC2)c1[N+](=O)[O-]. The number of rotatable bonds is 3. The third-order valence-corrected chi connectivity index (χ3v) is 3.89. The van der Waals surface area contributed by atoms with Crippen LogP contribution in [0.1, 0.15) is 25.5 Å². The Morgan fingerprint density at radius 2 is 2.05 bits per heavy atom. The normalized spacial score (nSPS) is 18.1. The predicted molar refractivity (Wildman–Crippen MR) is 75.1 cm³/mol. The number of anilines is 1. The number of aliphatic hydroxyl groups is 1. The molecular formula is C12H17ClN4O3. The summed E-state index contributed by atoms with van der Waals surface area (Å²) in [4.78, 5) is 20.4. The molecule has 0 spiro atoms. The van der Waals surface area contributed by atoms with Crippen LogP contribution in [-0.4, -0.2) is 39.2 Å². The zero-order valence-electron chi connectivity index (χ0n) is 11.4. The fourth-order valence-electron chi connectivity index (χ4n) is 2.55. The first-order chi connectivity index (χ1) is 9.40. The Morgan fingerprint density at radius 3 is 2.55 bits per heavy atom. The molecule has 2 heterocycles. The number of nitro groups is 1. The summed E-state index contributed by atoms with van der Waals surface area (Å²) in [6.45, 7) is 4.55. The molecule has 1 N–H and O–H groups in total. The van der Waals surface area contributed by atoms with Crippen LogP contribution in [0.4, 0.5) is 11.5 Å². The van der Waals surface area contributed by atoms with Gasteiger partial charge in [-0.05, 0) is 44.2 Å². The summed E-state index contributed by atoms with van der Waals surface area (Å²) in [5.74, 6) is 0.500. The maximum atomic E-state index is 11.2. The van der Waals surface area contributed by atoms with E-state index < -0.39 is 4.92 Å². The third-order valence-electron chi connectivity index (χ3n) is 3.72. The highest BCUT2D eigenvalue weighted by Crippen LogP contribution is 2.33. The zero-order valence-corrected chi connectivity index (χ0v) is 12.2. The van der Waals surface area contributed by atoms with Gasteiger partial charge in [0, 0.05) is 13.1 Å². The van der Waals surface area contributed by atoms with E-state index in [0.717, 1.165) is 12.8 Å². The van der Waals surface area contributed by atoms with E-state index in [-0.39, 0.29) is 34.5 Å². The summed E-state index contributed by atoms with van der Waals surface area (Å²) in [6, 6.07) is 0. The number of hydrogen-bond donors (Lipinski definition) is 1. The monoisotopic (exact) mass is 300 g/mol. The number of aliphatic hydroxyl groups excluding tert-OH is 1. The fourth-order valence-corrected chi connectivity index (χ4v) is 2.75. The second kappa shape index (κ2) is 5.88. The summed E-state index contributed by atoms with van der Waals surface area (Å²) in [5, 5.41) is 20.8. The molecule has 1 aromatic rings. The van der Waals surface area contributed by atoms with Gasteiger partial charge in [-0.1, -0.05) is 0 Å². The molecule has 0 aromatic carbocycles. The summed E-state index contributed by atoms with van der Waals surface area (Å²) < 4.78 is 0. The summed E-state index contributed by atoms with van der Waals surface area (Å²) in [6.07, 6.45) is 1.19. The average Bonchev–Trinajstić information content (AvgIpc) is 2.37. The molecule has 20 heavy (non-hydrogen) atoms. The van der Waals surface area contributed by atoms with Crippen LogP contribution in [0.3, 0.4) is 0 Å². The van der Waals surface area contributed by atoms with Crippen molar-refractivity contribution in [2.75, 3.05) is 18.0 Å². The highest BCUT2D eigenvalue weighted by Gasteiger charge is 2.30. The molecule has 1 fully saturated rings. The van der Waals surface area contributed by atoms with Crippen LogP contribution in [0.5, 0.6) is 0 Å². The van der Waals surface area contributed by atoms with Crippen LogP contribution in [0.25, 0.3) is 0 Å². The summed E-state index contributed by atoms with van der Waals surface area (Å²) in [5.41, 5.74) is 0.174. The molecule has 0 saturated carbocycles. The van der Waals surface area contributed by atoms with Crippen molar-refractivity contribution < 1.29 is 10.0 Å². The first-order valence-electron chi connectivity index (χ1n) is 6.51. The molecule has 0 aliphatic carbocycles. The van der Waals surface area contributed by atoms with Crippen LogP contribution in [0.2, 0.25) is 5.28 Å². The number of nitrogens with zero attached hydrogens (tertiary/aromatic N) is 4. The molecule has 1 aliphatic rings. The Morgan fingerprint density at radius 1 is 1.45 bits per heavy atom. The van der Waals surface area contributed by atoms with Gasteiger partial charge in [0.25, 0.3) is 0 Å². The molecule has 7 nitrogen and oxygen atoms in total. The molecule has 1 saturated heterocycles. The minimum absolute atomic E-state index is 0.0146. The van der Waals surface area contributed by atoms with Gasteiger partial charge in [-0.15, -0.1) is 0 Å². The Hall–Kier alpha value is -1.47. The maximum absolute atomic E-state index is 11.2. The van der Waals surface area contributed by atoms with Crippen molar-refractivity contribution >= 4 is 23.1 Å².